The van der Waals surface area contributed by atoms with Gasteiger partial charge in [-0.1, -0.05) is 17.7 Å². The van der Waals surface area contributed by atoms with Crippen molar-refractivity contribution >= 4 is 33.3 Å². The first kappa shape index (κ1) is 16.1. The third-order valence-electron chi connectivity index (χ3n) is 2.81. The maximum absolute atomic E-state index is 12.3. The predicted molar refractivity (Wildman–Crippen MR) is 82.2 cm³/mol. The molecule has 0 aliphatic rings. The summed E-state index contributed by atoms with van der Waals surface area (Å²) in [5.74, 6) is -0.780. The zero-order chi connectivity index (χ0) is 16.3. The second-order valence-electron chi connectivity index (χ2n) is 4.28. The number of carboxylic acid groups (broad SMARTS) is 1. The zero-order valence-electron chi connectivity index (χ0n) is 11.4. The summed E-state index contributed by atoms with van der Waals surface area (Å²) in [6.45, 7) is 0. The number of ether oxygens (including phenoxy) is 1. The van der Waals surface area contributed by atoms with Crippen molar-refractivity contribution in [2.75, 3.05) is 11.8 Å². The fraction of sp³-hybridized carbons (Fsp3) is 0.0714. The van der Waals surface area contributed by atoms with Crippen LogP contribution in [-0.2, 0) is 10.0 Å². The van der Waals surface area contributed by atoms with Crippen LogP contribution in [-0.4, -0.2) is 26.6 Å². The second kappa shape index (κ2) is 6.25. The standard InChI is InChI=1S/C14H12ClNO5S/c1-21-10-5-6-12(15)13(8-10)16-22(19,20)11-4-2-3-9(7-11)14(17)18/h2-8,16H,1H3,(H,17,18). The topological polar surface area (TPSA) is 92.7 Å². The fourth-order valence-electron chi connectivity index (χ4n) is 1.71. The van der Waals surface area contributed by atoms with E-state index in [0.717, 1.165) is 6.07 Å². The van der Waals surface area contributed by atoms with Crippen molar-refractivity contribution in [2.45, 2.75) is 4.90 Å². The zero-order valence-corrected chi connectivity index (χ0v) is 13.0. The molecule has 2 N–H and O–H groups in total. The minimum absolute atomic E-state index is 0.125. The van der Waals surface area contributed by atoms with Gasteiger partial charge in [0.2, 0.25) is 0 Å². The Kier molecular flexibility index (Phi) is 4.58. The number of carbonyl (C=O) groups is 1. The number of nitrogens with one attached hydrogen (secondary N) is 1. The summed E-state index contributed by atoms with van der Waals surface area (Å²) in [6.07, 6.45) is 0. The minimum Gasteiger partial charge on any atom is -0.497 e. The van der Waals surface area contributed by atoms with E-state index in [4.69, 9.17) is 21.4 Å². The minimum atomic E-state index is -3.97. The van der Waals surface area contributed by atoms with E-state index in [-0.39, 0.29) is 21.2 Å². The van der Waals surface area contributed by atoms with E-state index < -0.39 is 16.0 Å². The number of rotatable bonds is 5. The van der Waals surface area contributed by atoms with Crippen LogP contribution >= 0.6 is 11.6 Å². The molecule has 2 aromatic carbocycles. The summed E-state index contributed by atoms with van der Waals surface area (Å²) in [7, 11) is -2.53. The van der Waals surface area contributed by atoms with Crippen molar-refractivity contribution in [1.82, 2.24) is 0 Å². The number of halogens is 1. The number of hydrogen-bond donors (Lipinski definition) is 2. The molecule has 0 unspecified atom stereocenters. The molecule has 2 aromatic rings. The molecule has 0 aromatic heterocycles. The van der Waals surface area contributed by atoms with Gasteiger partial charge in [-0.05, 0) is 30.3 Å². The highest BCUT2D eigenvalue weighted by atomic mass is 35.5. The molecule has 22 heavy (non-hydrogen) atoms. The van der Waals surface area contributed by atoms with E-state index in [1.165, 1.54) is 37.4 Å². The Balaban J connectivity index is 2.40. The summed E-state index contributed by atoms with van der Waals surface area (Å²) in [5.41, 5.74) is 0.0151. The first-order valence-corrected chi connectivity index (χ1v) is 7.89. The maximum atomic E-state index is 12.3. The summed E-state index contributed by atoms with van der Waals surface area (Å²) < 4.78 is 32.0. The molecule has 0 radical (unpaired) electrons. The van der Waals surface area contributed by atoms with Crippen molar-refractivity contribution in [3.8, 4) is 5.75 Å². The smallest absolute Gasteiger partial charge is 0.335 e. The molecular weight excluding hydrogens is 330 g/mol. The Morgan fingerprint density at radius 2 is 1.95 bits per heavy atom. The highest BCUT2D eigenvalue weighted by molar-refractivity contribution is 7.92. The molecule has 0 bridgehead atoms. The molecule has 0 fully saturated rings. The third kappa shape index (κ3) is 3.49. The summed E-state index contributed by atoms with van der Waals surface area (Å²) in [5, 5.41) is 9.12. The molecule has 2 rings (SSSR count). The summed E-state index contributed by atoms with van der Waals surface area (Å²) in [4.78, 5) is 10.7. The van der Waals surface area contributed by atoms with E-state index in [0.29, 0.717) is 5.75 Å². The number of anilines is 1. The van der Waals surface area contributed by atoms with Crippen LogP contribution in [0, 0.1) is 0 Å². The fourth-order valence-corrected chi connectivity index (χ4v) is 3.05. The van der Waals surface area contributed by atoms with E-state index >= 15 is 0 Å². The molecule has 6 nitrogen and oxygen atoms in total. The van der Waals surface area contributed by atoms with E-state index in [9.17, 15) is 13.2 Å². The lowest BCUT2D eigenvalue weighted by Gasteiger charge is -2.11. The molecule has 0 atom stereocenters. The van der Waals surface area contributed by atoms with Gasteiger partial charge >= 0.3 is 5.97 Å². The van der Waals surface area contributed by atoms with Crippen molar-refractivity contribution in [2.24, 2.45) is 0 Å². The lowest BCUT2D eigenvalue weighted by atomic mass is 10.2. The van der Waals surface area contributed by atoms with Gasteiger partial charge < -0.3 is 9.84 Å². The Labute approximate surface area is 132 Å². The Morgan fingerprint density at radius 1 is 1.23 bits per heavy atom. The number of aromatic carboxylic acids is 1. The van der Waals surface area contributed by atoms with Gasteiger partial charge in [-0.15, -0.1) is 0 Å². The highest BCUT2D eigenvalue weighted by Crippen LogP contribution is 2.28. The van der Waals surface area contributed by atoms with Gasteiger partial charge in [-0.25, -0.2) is 13.2 Å². The molecule has 0 saturated heterocycles. The number of sulfonamides is 1. The summed E-state index contributed by atoms with van der Waals surface area (Å²) in [6, 6.07) is 9.53. The Morgan fingerprint density at radius 3 is 2.59 bits per heavy atom. The SMILES string of the molecule is COc1ccc(Cl)c(NS(=O)(=O)c2cccc(C(=O)O)c2)c1. The van der Waals surface area contributed by atoms with Gasteiger partial charge in [-0.2, -0.15) is 0 Å². The predicted octanol–water partition coefficient (Wildman–Crippen LogP) is 2.85. The van der Waals surface area contributed by atoms with Gasteiger partial charge in [0.25, 0.3) is 10.0 Å². The van der Waals surface area contributed by atoms with E-state index in [2.05, 4.69) is 4.72 Å². The monoisotopic (exact) mass is 341 g/mol. The van der Waals surface area contributed by atoms with Crippen LogP contribution in [0.3, 0.4) is 0 Å². The molecule has 0 heterocycles. The number of hydrogen-bond acceptors (Lipinski definition) is 4. The van der Waals surface area contributed by atoms with Crippen LogP contribution < -0.4 is 9.46 Å². The van der Waals surface area contributed by atoms with E-state index in [1.807, 2.05) is 0 Å². The molecular formula is C14H12ClNO5S. The molecule has 0 saturated carbocycles. The van der Waals surface area contributed by atoms with Crippen molar-refractivity contribution in [3.05, 3.63) is 53.1 Å². The molecule has 116 valence electrons. The van der Waals surface area contributed by atoms with Gasteiger partial charge in [0.05, 0.1) is 28.3 Å². The largest absolute Gasteiger partial charge is 0.497 e. The summed E-state index contributed by atoms with van der Waals surface area (Å²) >= 11 is 5.95. The van der Waals surface area contributed by atoms with Crippen LogP contribution in [0.25, 0.3) is 0 Å². The third-order valence-corrected chi connectivity index (χ3v) is 4.50. The molecule has 0 aliphatic heterocycles. The van der Waals surface area contributed by atoms with Crippen LogP contribution in [0.1, 0.15) is 10.4 Å². The number of carboxylic acids is 1. The number of methoxy groups -OCH3 is 1. The first-order chi connectivity index (χ1) is 10.3. The Hall–Kier alpha value is -2.25. The first-order valence-electron chi connectivity index (χ1n) is 6.03. The maximum Gasteiger partial charge on any atom is 0.335 e. The molecule has 0 aliphatic carbocycles. The quantitative estimate of drug-likeness (QED) is 0.872. The van der Waals surface area contributed by atoms with Crippen molar-refractivity contribution < 1.29 is 23.1 Å². The molecule has 8 heteroatoms. The Bertz CT molecular complexity index is 820. The lowest BCUT2D eigenvalue weighted by molar-refractivity contribution is 0.0696. The second-order valence-corrected chi connectivity index (χ2v) is 6.37. The highest BCUT2D eigenvalue weighted by Gasteiger charge is 2.18. The van der Waals surface area contributed by atoms with Gasteiger partial charge in [0.1, 0.15) is 5.75 Å². The van der Waals surface area contributed by atoms with Crippen LogP contribution in [0.4, 0.5) is 5.69 Å². The van der Waals surface area contributed by atoms with Crippen LogP contribution in [0.15, 0.2) is 47.4 Å². The van der Waals surface area contributed by atoms with Gasteiger partial charge in [0, 0.05) is 6.07 Å². The lowest BCUT2D eigenvalue weighted by Crippen LogP contribution is -2.14. The van der Waals surface area contributed by atoms with Crippen molar-refractivity contribution in [3.63, 3.8) is 0 Å². The molecule has 0 spiro atoms. The van der Waals surface area contributed by atoms with Gasteiger partial charge in [-0.3, -0.25) is 4.72 Å². The number of benzene rings is 2. The average molecular weight is 342 g/mol. The van der Waals surface area contributed by atoms with Crippen LogP contribution in [0.2, 0.25) is 5.02 Å². The average Bonchev–Trinajstić information content (AvgIpc) is 2.49. The normalized spacial score (nSPS) is 11.0. The van der Waals surface area contributed by atoms with Gasteiger partial charge in [0.15, 0.2) is 0 Å². The van der Waals surface area contributed by atoms with Crippen LogP contribution in [0.5, 0.6) is 5.75 Å². The van der Waals surface area contributed by atoms with E-state index in [1.54, 1.807) is 6.07 Å². The molecule has 0 amide bonds. The van der Waals surface area contributed by atoms with Crippen molar-refractivity contribution in [1.29, 1.82) is 0 Å².